The van der Waals surface area contributed by atoms with Crippen molar-refractivity contribution in [2.24, 2.45) is 5.73 Å². The molecule has 20 heavy (non-hydrogen) atoms. The molecule has 0 saturated carbocycles. The lowest BCUT2D eigenvalue weighted by Gasteiger charge is -2.23. The van der Waals surface area contributed by atoms with Crippen molar-refractivity contribution in [3.8, 4) is 0 Å². The molecular weight excluding hydrogens is 274 g/mol. The number of rotatable bonds is 3. The van der Waals surface area contributed by atoms with Gasteiger partial charge >= 0.3 is 6.03 Å². The molecule has 1 atom stereocenters. The van der Waals surface area contributed by atoms with E-state index in [-0.39, 0.29) is 17.4 Å². The number of benzene rings is 1. The van der Waals surface area contributed by atoms with Crippen LogP contribution < -0.4 is 11.1 Å². The molecule has 1 unspecified atom stereocenters. The van der Waals surface area contributed by atoms with Crippen LogP contribution in [0.4, 0.5) is 4.79 Å². The standard InChI is InChI=1S/C14H17N3O2S/c1-8-4-5-10(6-9(8)2)14(3)12(18)17(7-11(15)20)13(19)16-14/h4-6H,7H2,1-3H3,(H2,15,20)(H,16,19). The highest BCUT2D eigenvalue weighted by molar-refractivity contribution is 7.80. The SMILES string of the molecule is Cc1ccc(C2(C)NC(=O)N(CC(N)=S)C2=O)cc1C. The Bertz CT molecular complexity index is 614. The molecule has 1 aromatic rings. The van der Waals surface area contributed by atoms with Gasteiger partial charge in [0.1, 0.15) is 5.54 Å². The molecule has 6 heteroatoms. The van der Waals surface area contributed by atoms with E-state index in [9.17, 15) is 9.59 Å². The number of imide groups is 1. The first-order valence-electron chi connectivity index (χ1n) is 6.26. The predicted octanol–water partition coefficient (Wildman–Crippen LogP) is 1.36. The number of aryl methyl sites for hydroxylation is 2. The van der Waals surface area contributed by atoms with Gasteiger partial charge < -0.3 is 11.1 Å². The summed E-state index contributed by atoms with van der Waals surface area (Å²) in [5.41, 5.74) is 7.31. The third-order valence-electron chi connectivity index (χ3n) is 3.67. The molecule has 2 rings (SSSR count). The van der Waals surface area contributed by atoms with Gasteiger partial charge in [-0.3, -0.25) is 9.69 Å². The van der Waals surface area contributed by atoms with Crippen molar-refractivity contribution in [2.75, 3.05) is 6.54 Å². The van der Waals surface area contributed by atoms with E-state index in [0.29, 0.717) is 0 Å². The minimum atomic E-state index is -1.07. The van der Waals surface area contributed by atoms with Crippen molar-refractivity contribution in [1.29, 1.82) is 0 Å². The molecule has 0 spiro atoms. The predicted molar refractivity (Wildman–Crippen MR) is 80.3 cm³/mol. The third-order valence-corrected chi connectivity index (χ3v) is 3.80. The second-order valence-electron chi connectivity index (χ2n) is 5.21. The summed E-state index contributed by atoms with van der Waals surface area (Å²) in [4.78, 5) is 25.6. The van der Waals surface area contributed by atoms with Gasteiger partial charge in [0.2, 0.25) is 0 Å². The highest BCUT2D eigenvalue weighted by Gasteiger charge is 2.49. The Morgan fingerprint density at radius 1 is 1.35 bits per heavy atom. The van der Waals surface area contributed by atoms with E-state index in [4.69, 9.17) is 18.0 Å². The van der Waals surface area contributed by atoms with E-state index in [0.717, 1.165) is 21.6 Å². The zero-order valence-electron chi connectivity index (χ0n) is 11.7. The Balaban J connectivity index is 2.40. The van der Waals surface area contributed by atoms with Gasteiger partial charge in [-0.15, -0.1) is 0 Å². The molecule has 3 N–H and O–H groups in total. The average molecular weight is 291 g/mol. The van der Waals surface area contributed by atoms with Crippen LogP contribution in [0.2, 0.25) is 0 Å². The van der Waals surface area contributed by atoms with Crippen LogP contribution in [-0.4, -0.2) is 28.4 Å². The van der Waals surface area contributed by atoms with Crippen molar-refractivity contribution in [1.82, 2.24) is 10.2 Å². The summed E-state index contributed by atoms with van der Waals surface area (Å²) in [7, 11) is 0. The monoisotopic (exact) mass is 291 g/mol. The Morgan fingerprint density at radius 3 is 2.55 bits per heavy atom. The van der Waals surface area contributed by atoms with Gasteiger partial charge in [-0.05, 0) is 37.5 Å². The lowest BCUT2D eigenvalue weighted by atomic mass is 9.90. The fourth-order valence-corrected chi connectivity index (χ4v) is 2.37. The van der Waals surface area contributed by atoms with Gasteiger partial charge in [-0.1, -0.05) is 30.4 Å². The van der Waals surface area contributed by atoms with Crippen molar-refractivity contribution in [2.45, 2.75) is 26.3 Å². The van der Waals surface area contributed by atoms with E-state index in [1.54, 1.807) is 6.92 Å². The Kier molecular flexibility index (Phi) is 3.52. The number of nitrogens with two attached hydrogens (primary N) is 1. The molecular formula is C14H17N3O2S. The summed E-state index contributed by atoms with van der Waals surface area (Å²) in [6.45, 7) is 5.61. The summed E-state index contributed by atoms with van der Waals surface area (Å²) in [5.74, 6) is -0.335. The van der Waals surface area contributed by atoms with Crippen molar-refractivity contribution in [3.63, 3.8) is 0 Å². The zero-order valence-corrected chi connectivity index (χ0v) is 12.5. The maximum Gasteiger partial charge on any atom is 0.325 e. The first-order valence-corrected chi connectivity index (χ1v) is 6.66. The third kappa shape index (κ3) is 2.27. The topological polar surface area (TPSA) is 75.4 Å². The van der Waals surface area contributed by atoms with Crippen LogP contribution in [0.5, 0.6) is 0 Å². The highest BCUT2D eigenvalue weighted by Crippen LogP contribution is 2.29. The van der Waals surface area contributed by atoms with E-state index >= 15 is 0 Å². The summed E-state index contributed by atoms with van der Waals surface area (Å²) in [6.07, 6.45) is 0. The molecule has 3 amide bonds. The van der Waals surface area contributed by atoms with Gasteiger partial charge in [-0.2, -0.15) is 0 Å². The van der Waals surface area contributed by atoms with E-state index in [2.05, 4.69) is 5.32 Å². The highest BCUT2D eigenvalue weighted by atomic mass is 32.1. The Morgan fingerprint density at radius 2 is 2.00 bits per heavy atom. The lowest BCUT2D eigenvalue weighted by molar-refractivity contribution is -0.130. The van der Waals surface area contributed by atoms with Crippen LogP contribution in [-0.2, 0) is 10.3 Å². The van der Waals surface area contributed by atoms with Crippen LogP contribution in [0.3, 0.4) is 0 Å². The first-order chi connectivity index (χ1) is 9.25. The summed E-state index contributed by atoms with van der Waals surface area (Å²) in [5, 5.41) is 2.72. The summed E-state index contributed by atoms with van der Waals surface area (Å²) < 4.78 is 0. The molecule has 0 bridgehead atoms. The fourth-order valence-electron chi connectivity index (χ4n) is 2.24. The summed E-state index contributed by atoms with van der Waals surface area (Å²) >= 11 is 4.77. The molecule has 1 heterocycles. The molecule has 0 aromatic heterocycles. The number of nitrogens with zero attached hydrogens (tertiary/aromatic N) is 1. The maximum atomic E-state index is 12.5. The molecule has 0 aliphatic carbocycles. The number of urea groups is 1. The second-order valence-corrected chi connectivity index (χ2v) is 5.74. The quantitative estimate of drug-likeness (QED) is 0.651. The Hall–Kier alpha value is -1.95. The number of amides is 3. The largest absolute Gasteiger partial charge is 0.392 e. The maximum absolute atomic E-state index is 12.5. The minimum absolute atomic E-state index is 0.0412. The van der Waals surface area contributed by atoms with Gasteiger partial charge in [0.15, 0.2) is 0 Å². The molecule has 1 aliphatic heterocycles. The van der Waals surface area contributed by atoms with Gasteiger partial charge in [-0.25, -0.2) is 4.79 Å². The second kappa shape index (κ2) is 4.86. The van der Waals surface area contributed by atoms with Crippen LogP contribution in [0.15, 0.2) is 18.2 Å². The molecule has 1 fully saturated rings. The van der Waals surface area contributed by atoms with Crippen LogP contribution in [0.25, 0.3) is 0 Å². The van der Waals surface area contributed by atoms with Crippen LogP contribution in [0.1, 0.15) is 23.6 Å². The molecule has 1 aliphatic rings. The van der Waals surface area contributed by atoms with Crippen LogP contribution in [0, 0.1) is 13.8 Å². The molecule has 5 nitrogen and oxygen atoms in total. The molecule has 1 saturated heterocycles. The average Bonchev–Trinajstić information content (AvgIpc) is 2.57. The van der Waals surface area contributed by atoms with Crippen molar-refractivity contribution >= 4 is 29.1 Å². The molecule has 0 radical (unpaired) electrons. The first kappa shape index (κ1) is 14.5. The zero-order chi connectivity index (χ0) is 15.1. The number of hydrogen-bond donors (Lipinski definition) is 2. The normalized spacial score (nSPS) is 22.1. The van der Waals surface area contributed by atoms with Crippen LogP contribution >= 0.6 is 12.2 Å². The number of carbonyl (C=O) groups is 2. The Labute approximate surface area is 123 Å². The number of thiocarbonyl (C=S) groups is 1. The summed E-state index contributed by atoms with van der Waals surface area (Å²) in [6, 6.07) is 5.23. The minimum Gasteiger partial charge on any atom is -0.392 e. The van der Waals surface area contributed by atoms with E-state index in [1.807, 2.05) is 32.0 Å². The number of carbonyl (C=O) groups excluding carboxylic acids is 2. The van der Waals surface area contributed by atoms with Gasteiger partial charge in [0.05, 0.1) is 11.5 Å². The van der Waals surface area contributed by atoms with Gasteiger partial charge in [0.25, 0.3) is 5.91 Å². The van der Waals surface area contributed by atoms with Crippen molar-refractivity contribution < 1.29 is 9.59 Å². The van der Waals surface area contributed by atoms with E-state index in [1.165, 1.54) is 0 Å². The molecule has 106 valence electrons. The van der Waals surface area contributed by atoms with Crippen molar-refractivity contribution in [3.05, 3.63) is 34.9 Å². The number of hydrogen-bond acceptors (Lipinski definition) is 3. The van der Waals surface area contributed by atoms with Gasteiger partial charge in [0, 0.05) is 0 Å². The molecule has 1 aromatic carbocycles. The van der Waals surface area contributed by atoms with E-state index < -0.39 is 11.6 Å². The fraction of sp³-hybridized carbons (Fsp3) is 0.357. The lowest BCUT2D eigenvalue weighted by Crippen LogP contribution is -2.42. The smallest absolute Gasteiger partial charge is 0.325 e. The number of nitrogens with one attached hydrogen (secondary N) is 1.